The highest BCUT2D eigenvalue weighted by atomic mass is 35.5. The summed E-state index contributed by atoms with van der Waals surface area (Å²) in [7, 11) is 0. The average Bonchev–Trinajstić information content (AvgIpc) is 2.79. The van der Waals surface area contributed by atoms with Gasteiger partial charge in [-0.25, -0.2) is 4.79 Å². The van der Waals surface area contributed by atoms with Crippen LogP contribution in [-0.4, -0.2) is 41.8 Å². The fourth-order valence-electron chi connectivity index (χ4n) is 1.90. The van der Waals surface area contributed by atoms with Gasteiger partial charge in [0.2, 0.25) is 0 Å². The molecule has 1 aliphatic heterocycles. The van der Waals surface area contributed by atoms with E-state index in [1.165, 1.54) is 23.1 Å². The van der Waals surface area contributed by atoms with E-state index in [1.54, 1.807) is 0 Å². The van der Waals surface area contributed by atoms with E-state index in [-0.39, 0.29) is 23.0 Å². The first-order valence-electron chi connectivity index (χ1n) is 5.94. The number of aliphatic hydroxyl groups is 1. The first-order chi connectivity index (χ1) is 9.45. The lowest BCUT2D eigenvalue weighted by Crippen LogP contribution is -2.33. The Morgan fingerprint density at radius 1 is 1.55 bits per heavy atom. The van der Waals surface area contributed by atoms with E-state index in [9.17, 15) is 18.7 Å². The van der Waals surface area contributed by atoms with Crippen LogP contribution in [0.25, 0.3) is 0 Å². The Morgan fingerprint density at radius 2 is 2.30 bits per heavy atom. The lowest BCUT2D eigenvalue weighted by molar-refractivity contribution is -0.0497. The molecule has 0 spiro atoms. The van der Waals surface area contributed by atoms with Crippen molar-refractivity contribution in [3.8, 4) is 5.75 Å². The molecule has 0 aromatic heterocycles. The highest BCUT2D eigenvalue weighted by Crippen LogP contribution is 2.29. The van der Waals surface area contributed by atoms with Crippen LogP contribution >= 0.6 is 11.6 Å². The van der Waals surface area contributed by atoms with Crippen molar-refractivity contribution in [1.29, 1.82) is 0 Å². The van der Waals surface area contributed by atoms with Gasteiger partial charge in [0.1, 0.15) is 5.75 Å². The van der Waals surface area contributed by atoms with Gasteiger partial charge in [-0.3, -0.25) is 0 Å². The molecule has 110 valence electrons. The van der Waals surface area contributed by atoms with E-state index >= 15 is 0 Å². The van der Waals surface area contributed by atoms with Crippen molar-refractivity contribution in [2.75, 3.05) is 18.4 Å². The number of likely N-dealkylation sites (tertiary alicyclic amines) is 1. The van der Waals surface area contributed by atoms with Crippen LogP contribution in [0, 0.1) is 0 Å². The van der Waals surface area contributed by atoms with Gasteiger partial charge in [-0.2, -0.15) is 8.78 Å². The molecule has 0 radical (unpaired) electrons. The standard InChI is InChI=1S/C12H13ClF2N2O3/c13-9-2-1-7(5-10(9)20-11(14)15)16-12(19)17-4-3-8(18)6-17/h1-2,5,8,11,18H,3-4,6H2,(H,16,19). The molecule has 8 heteroatoms. The molecule has 20 heavy (non-hydrogen) atoms. The quantitative estimate of drug-likeness (QED) is 0.902. The molecule has 2 N–H and O–H groups in total. The number of hydrogen-bond donors (Lipinski definition) is 2. The van der Waals surface area contributed by atoms with Crippen molar-refractivity contribution in [2.24, 2.45) is 0 Å². The molecule has 1 atom stereocenters. The number of urea groups is 1. The van der Waals surface area contributed by atoms with Gasteiger partial charge >= 0.3 is 12.6 Å². The van der Waals surface area contributed by atoms with E-state index in [1.807, 2.05) is 0 Å². The third-order valence-corrected chi connectivity index (χ3v) is 3.16. The van der Waals surface area contributed by atoms with Gasteiger partial charge in [0.15, 0.2) is 0 Å². The largest absolute Gasteiger partial charge is 0.433 e. The predicted octanol–water partition coefficient (Wildman–Crippen LogP) is 2.54. The molecule has 1 fully saturated rings. The Morgan fingerprint density at radius 3 is 2.90 bits per heavy atom. The van der Waals surface area contributed by atoms with Crippen LogP contribution in [0.4, 0.5) is 19.3 Å². The van der Waals surface area contributed by atoms with Crippen molar-refractivity contribution in [3.05, 3.63) is 23.2 Å². The van der Waals surface area contributed by atoms with Gasteiger partial charge in [-0.05, 0) is 18.6 Å². The Kier molecular flexibility index (Phi) is 4.61. The van der Waals surface area contributed by atoms with Crippen LogP contribution in [0.15, 0.2) is 18.2 Å². The van der Waals surface area contributed by atoms with Crippen molar-refractivity contribution >= 4 is 23.3 Å². The summed E-state index contributed by atoms with van der Waals surface area (Å²) in [5.74, 6) is -0.207. The van der Waals surface area contributed by atoms with Crippen LogP contribution in [-0.2, 0) is 0 Å². The van der Waals surface area contributed by atoms with Gasteiger partial charge in [0.25, 0.3) is 0 Å². The lowest BCUT2D eigenvalue weighted by atomic mass is 10.3. The first-order valence-corrected chi connectivity index (χ1v) is 6.32. The van der Waals surface area contributed by atoms with Crippen LogP contribution in [0.5, 0.6) is 5.75 Å². The summed E-state index contributed by atoms with van der Waals surface area (Å²) in [5.41, 5.74) is 0.288. The van der Waals surface area contributed by atoms with Crippen LogP contribution in [0.3, 0.4) is 0 Å². The minimum atomic E-state index is -2.99. The summed E-state index contributed by atoms with van der Waals surface area (Å²) >= 11 is 5.71. The fourth-order valence-corrected chi connectivity index (χ4v) is 2.06. The molecule has 1 heterocycles. The van der Waals surface area contributed by atoms with E-state index < -0.39 is 18.7 Å². The summed E-state index contributed by atoms with van der Waals surface area (Å²) in [4.78, 5) is 13.3. The topological polar surface area (TPSA) is 61.8 Å². The molecule has 1 unspecified atom stereocenters. The second-order valence-corrected chi connectivity index (χ2v) is 4.75. The van der Waals surface area contributed by atoms with Gasteiger partial charge < -0.3 is 20.1 Å². The lowest BCUT2D eigenvalue weighted by Gasteiger charge is -2.17. The maximum atomic E-state index is 12.2. The molecule has 0 saturated carbocycles. The number of nitrogens with zero attached hydrogens (tertiary/aromatic N) is 1. The third kappa shape index (κ3) is 3.71. The van der Waals surface area contributed by atoms with Crippen LogP contribution in [0.2, 0.25) is 5.02 Å². The molecule has 2 rings (SSSR count). The Hall–Kier alpha value is -1.60. The number of rotatable bonds is 3. The normalized spacial score (nSPS) is 18.4. The Balaban J connectivity index is 2.04. The second kappa shape index (κ2) is 6.23. The number of aliphatic hydroxyl groups excluding tert-OH is 1. The summed E-state index contributed by atoms with van der Waals surface area (Å²) in [5, 5.41) is 11.9. The molecule has 1 saturated heterocycles. The molecule has 1 aromatic carbocycles. The number of hydrogen-bond acceptors (Lipinski definition) is 3. The van der Waals surface area contributed by atoms with Gasteiger partial charge in [0, 0.05) is 24.8 Å². The molecule has 1 aromatic rings. The zero-order valence-electron chi connectivity index (χ0n) is 10.4. The summed E-state index contributed by atoms with van der Waals surface area (Å²) in [6.07, 6.45) is -0.00275. The molecule has 0 aliphatic carbocycles. The van der Waals surface area contributed by atoms with Crippen molar-refractivity contribution in [2.45, 2.75) is 19.1 Å². The number of carbonyl (C=O) groups is 1. The van der Waals surface area contributed by atoms with Gasteiger partial charge in [-0.1, -0.05) is 11.6 Å². The summed E-state index contributed by atoms with van der Waals surface area (Å²) < 4.78 is 28.6. The number of nitrogens with one attached hydrogen (secondary N) is 1. The highest BCUT2D eigenvalue weighted by Gasteiger charge is 2.24. The van der Waals surface area contributed by atoms with Crippen molar-refractivity contribution in [1.82, 2.24) is 4.90 Å². The monoisotopic (exact) mass is 306 g/mol. The number of anilines is 1. The summed E-state index contributed by atoms with van der Waals surface area (Å²) in [6, 6.07) is 3.64. The SMILES string of the molecule is O=C(Nc1ccc(Cl)c(OC(F)F)c1)N1CCC(O)C1. The van der Waals surface area contributed by atoms with Crippen molar-refractivity contribution in [3.63, 3.8) is 0 Å². The number of β-amino-alcohol motifs (C(OH)–C–C–N with tert-alkyl or cyclic N) is 1. The third-order valence-electron chi connectivity index (χ3n) is 2.85. The second-order valence-electron chi connectivity index (χ2n) is 4.34. The number of carbonyl (C=O) groups excluding carboxylic acids is 1. The zero-order chi connectivity index (χ0) is 14.7. The molecular formula is C12H13ClF2N2O3. The number of amides is 2. The molecule has 0 bridgehead atoms. The maximum Gasteiger partial charge on any atom is 0.387 e. The Bertz CT molecular complexity index is 502. The number of alkyl halides is 2. The van der Waals surface area contributed by atoms with Crippen LogP contribution in [0.1, 0.15) is 6.42 Å². The van der Waals surface area contributed by atoms with Gasteiger partial charge in [-0.15, -0.1) is 0 Å². The fraction of sp³-hybridized carbons (Fsp3) is 0.417. The first kappa shape index (κ1) is 14.8. The molecular weight excluding hydrogens is 294 g/mol. The number of benzene rings is 1. The maximum absolute atomic E-state index is 12.2. The Labute approximate surface area is 119 Å². The predicted molar refractivity (Wildman–Crippen MR) is 69.3 cm³/mol. The van der Waals surface area contributed by atoms with E-state index in [0.29, 0.717) is 13.0 Å². The minimum absolute atomic E-state index is 0.0277. The number of halogens is 3. The number of ether oxygens (including phenoxy) is 1. The van der Waals surface area contributed by atoms with Crippen LogP contribution < -0.4 is 10.1 Å². The highest BCUT2D eigenvalue weighted by molar-refractivity contribution is 6.32. The summed E-state index contributed by atoms with van der Waals surface area (Å²) in [6.45, 7) is -2.30. The van der Waals surface area contributed by atoms with Gasteiger partial charge in [0.05, 0.1) is 11.1 Å². The molecule has 1 aliphatic rings. The van der Waals surface area contributed by atoms with E-state index in [2.05, 4.69) is 10.1 Å². The average molecular weight is 307 g/mol. The van der Waals surface area contributed by atoms with Crippen molar-refractivity contribution < 1.29 is 23.4 Å². The van der Waals surface area contributed by atoms with E-state index in [4.69, 9.17) is 11.6 Å². The van der Waals surface area contributed by atoms with E-state index in [0.717, 1.165) is 0 Å². The minimum Gasteiger partial charge on any atom is -0.433 e. The molecule has 2 amide bonds. The zero-order valence-corrected chi connectivity index (χ0v) is 11.1. The smallest absolute Gasteiger partial charge is 0.387 e. The molecule has 5 nitrogen and oxygen atoms in total.